The molecular weight excluding hydrogens is 341 g/mol. The first kappa shape index (κ1) is 13.6. The van der Waals surface area contributed by atoms with Gasteiger partial charge in [0.1, 0.15) is 5.75 Å². The van der Waals surface area contributed by atoms with Crippen LogP contribution in [0.3, 0.4) is 0 Å². The Morgan fingerprint density at radius 2 is 1.83 bits per heavy atom. The van der Waals surface area contributed by atoms with E-state index in [1.807, 2.05) is 0 Å². The quantitative estimate of drug-likeness (QED) is 0.891. The number of benzene rings is 1. The van der Waals surface area contributed by atoms with Gasteiger partial charge in [0.15, 0.2) is 0 Å². The summed E-state index contributed by atoms with van der Waals surface area (Å²) in [4.78, 5) is 4.09. The summed E-state index contributed by atoms with van der Waals surface area (Å²) in [5.41, 5.74) is 0.570. The summed E-state index contributed by atoms with van der Waals surface area (Å²) in [6.07, 6.45) is 1.58. The number of halogens is 3. The predicted molar refractivity (Wildman–Crippen MR) is 74.4 cm³/mol. The van der Waals surface area contributed by atoms with Gasteiger partial charge in [-0.05, 0) is 40.2 Å². The molecule has 0 radical (unpaired) electrons. The van der Waals surface area contributed by atoms with Gasteiger partial charge in [-0.3, -0.25) is 0 Å². The standard InChI is InChI=1S/C12H8BrCl2NO2/c13-8-1-7(6-17)12(16-5-8)18-11-3-9(14)2-10(15)4-11/h1-5,17H,6H2. The molecule has 1 heterocycles. The molecule has 94 valence electrons. The summed E-state index contributed by atoms with van der Waals surface area (Å²) in [6, 6.07) is 6.59. The van der Waals surface area contributed by atoms with Crippen molar-refractivity contribution in [2.45, 2.75) is 6.61 Å². The molecule has 0 aliphatic heterocycles. The van der Waals surface area contributed by atoms with Gasteiger partial charge in [0.05, 0.1) is 6.61 Å². The highest BCUT2D eigenvalue weighted by molar-refractivity contribution is 9.10. The number of rotatable bonds is 3. The lowest BCUT2D eigenvalue weighted by molar-refractivity contribution is 0.275. The Labute approximate surface area is 122 Å². The van der Waals surface area contributed by atoms with Crippen LogP contribution in [0.5, 0.6) is 11.6 Å². The molecule has 0 spiro atoms. The number of ether oxygens (including phenoxy) is 1. The maximum Gasteiger partial charge on any atom is 0.224 e. The molecule has 0 unspecified atom stereocenters. The van der Waals surface area contributed by atoms with E-state index in [2.05, 4.69) is 20.9 Å². The van der Waals surface area contributed by atoms with Crippen molar-refractivity contribution in [3.05, 3.63) is 50.5 Å². The zero-order valence-corrected chi connectivity index (χ0v) is 12.1. The molecule has 6 heteroatoms. The van der Waals surface area contributed by atoms with Crippen LogP contribution in [0.15, 0.2) is 34.9 Å². The minimum absolute atomic E-state index is 0.171. The first-order chi connectivity index (χ1) is 8.58. The fourth-order valence-corrected chi connectivity index (χ4v) is 2.26. The lowest BCUT2D eigenvalue weighted by atomic mass is 10.3. The molecule has 2 rings (SSSR count). The Kier molecular flexibility index (Phi) is 4.45. The normalized spacial score (nSPS) is 10.4. The minimum Gasteiger partial charge on any atom is -0.439 e. The van der Waals surface area contributed by atoms with Crippen LogP contribution in [-0.4, -0.2) is 10.1 Å². The van der Waals surface area contributed by atoms with Crippen LogP contribution in [0.25, 0.3) is 0 Å². The molecule has 0 bridgehead atoms. The maximum absolute atomic E-state index is 9.24. The second kappa shape index (κ2) is 5.89. The fourth-order valence-electron chi connectivity index (χ4n) is 1.37. The van der Waals surface area contributed by atoms with Crippen molar-refractivity contribution < 1.29 is 9.84 Å². The molecule has 1 aromatic heterocycles. The van der Waals surface area contributed by atoms with Crippen LogP contribution in [0.1, 0.15) is 5.56 Å². The van der Waals surface area contributed by atoms with Gasteiger partial charge in [0, 0.05) is 26.3 Å². The zero-order chi connectivity index (χ0) is 13.1. The van der Waals surface area contributed by atoms with Gasteiger partial charge in [-0.2, -0.15) is 0 Å². The minimum atomic E-state index is -0.171. The topological polar surface area (TPSA) is 42.4 Å². The van der Waals surface area contributed by atoms with Crippen LogP contribution in [0.2, 0.25) is 10.0 Å². The van der Waals surface area contributed by atoms with E-state index in [0.29, 0.717) is 27.2 Å². The van der Waals surface area contributed by atoms with Crippen LogP contribution < -0.4 is 4.74 Å². The van der Waals surface area contributed by atoms with Crippen molar-refractivity contribution in [2.24, 2.45) is 0 Å². The molecule has 0 aliphatic carbocycles. The van der Waals surface area contributed by atoms with Crippen molar-refractivity contribution in [1.82, 2.24) is 4.98 Å². The van der Waals surface area contributed by atoms with Gasteiger partial charge < -0.3 is 9.84 Å². The van der Waals surface area contributed by atoms with Crippen molar-refractivity contribution in [1.29, 1.82) is 0 Å². The molecule has 2 aromatic rings. The van der Waals surface area contributed by atoms with E-state index in [1.54, 1.807) is 30.5 Å². The van der Waals surface area contributed by atoms with E-state index < -0.39 is 0 Å². The lowest BCUT2D eigenvalue weighted by Gasteiger charge is -2.09. The van der Waals surface area contributed by atoms with Crippen LogP contribution in [0.4, 0.5) is 0 Å². The molecule has 0 aliphatic rings. The maximum atomic E-state index is 9.24. The highest BCUT2D eigenvalue weighted by Gasteiger charge is 2.08. The number of hydrogen-bond donors (Lipinski definition) is 1. The summed E-state index contributed by atoms with van der Waals surface area (Å²) >= 11 is 15.0. The third-order valence-corrected chi connectivity index (χ3v) is 2.98. The summed E-state index contributed by atoms with van der Waals surface area (Å²) in [5, 5.41) is 10.2. The smallest absolute Gasteiger partial charge is 0.224 e. The number of nitrogens with zero attached hydrogens (tertiary/aromatic N) is 1. The third-order valence-electron chi connectivity index (χ3n) is 2.11. The van der Waals surface area contributed by atoms with Crippen molar-refractivity contribution >= 4 is 39.1 Å². The van der Waals surface area contributed by atoms with Crippen LogP contribution in [-0.2, 0) is 6.61 Å². The molecule has 0 amide bonds. The number of aromatic nitrogens is 1. The Bertz CT molecular complexity index is 558. The second-order valence-corrected chi connectivity index (χ2v) is 5.27. The van der Waals surface area contributed by atoms with E-state index in [4.69, 9.17) is 27.9 Å². The number of pyridine rings is 1. The molecule has 1 N–H and O–H groups in total. The molecule has 1 aromatic carbocycles. The number of aliphatic hydroxyl groups is 1. The van der Waals surface area contributed by atoms with Crippen molar-refractivity contribution in [2.75, 3.05) is 0 Å². The number of hydrogen-bond acceptors (Lipinski definition) is 3. The molecule has 0 atom stereocenters. The van der Waals surface area contributed by atoms with Crippen LogP contribution >= 0.6 is 39.1 Å². The highest BCUT2D eigenvalue weighted by Crippen LogP contribution is 2.29. The first-order valence-electron chi connectivity index (χ1n) is 4.97. The van der Waals surface area contributed by atoms with E-state index in [0.717, 1.165) is 4.47 Å². The zero-order valence-electron chi connectivity index (χ0n) is 9.03. The summed E-state index contributed by atoms with van der Waals surface area (Å²) < 4.78 is 6.32. The second-order valence-electron chi connectivity index (χ2n) is 3.48. The molecule has 0 saturated carbocycles. The van der Waals surface area contributed by atoms with Crippen LogP contribution in [0, 0.1) is 0 Å². The lowest BCUT2D eigenvalue weighted by Crippen LogP contribution is -1.95. The molecule has 3 nitrogen and oxygen atoms in total. The predicted octanol–water partition coefficient (Wildman–Crippen LogP) is 4.44. The molecular formula is C12H8BrCl2NO2. The van der Waals surface area contributed by atoms with Crippen molar-refractivity contribution in [3.8, 4) is 11.6 Å². The summed E-state index contributed by atoms with van der Waals surface area (Å²) in [7, 11) is 0. The molecule has 0 saturated heterocycles. The molecule has 0 fully saturated rings. The van der Waals surface area contributed by atoms with E-state index in [-0.39, 0.29) is 6.61 Å². The summed E-state index contributed by atoms with van der Waals surface area (Å²) in [6.45, 7) is -0.171. The Morgan fingerprint density at radius 1 is 1.17 bits per heavy atom. The largest absolute Gasteiger partial charge is 0.439 e. The van der Waals surface area contributed by atoms with E-state index >= 15 is 0 Å². The number of aliphatic hydroxyl groups excluding tert-OH is 1. The SMILES string of the molecule is OCc1cc(Br)cnc1Oc1cc(Cl)cc(Cl)c1. The molecule has 18 heavy (non-hydrogen) atoms. The van der Waals surface area contributed by atoms with Gasteiger partial charge in [0.25, 0.3) is 0 Å². The monoisotopic (exact) mass is 347 g/mol. The average Bonchev–Trinajstić information content (AvgIpc) is 2.30. The van der Waals surface area contributed by atoms with Gasteiger partial charge in [-0.15, -0.1) is 0 Å². The Balaban J connectivity index is 2.33. The Hall–Kier alpha value is -0.810. The highest BCUT2D eigenvalue weighted by atomic mass is 79.9. The van der Waals surface area contributed by atoms with Gasteiger partial charge in [-0.25, -0.2) is 4.98 Å². The van der Waals surface area contributed by atoms with Gasteiger partial charge >= 0.3 is 0 Å². The van der Waals surface area contributed by atoms with E-state index in [9.17, 15) is 5.11 Å². The first-order valence-corrected chi connectivity index (χ1v) is 6.52. The summed E-state index contributed by atoms with van der Waals surface area (Å²) in [5.74, 6) is 0.788. The third kappa shape index (κ3) is 3.36. The van der Waals surface area contributed by atoms with Crippen molar-refractivity contribution in [3.63, 3.8) is 0 Å². The Morgan fingerprint density at radius 3 is 2.44 bits per heavy atom. The van der Waals surface area contributed by atoms with Gasteiger partial charge in [0.2, 0.25) is 5.88 Å². The van der Waals surface area contributed by atoms with E-state index in [1.165, 1.54) is 0 Å². The fraction of sp³-hybridized carbons (Fsp3) is 0.0833. The van der Waals surface area contributed by atoms with Gasteiger partial charge in [-0.1, -0.05) is 23.2 Å². The average molecular weight is 349 g/mol.